The molecule has 0 amide bonds. The molecule has 0 saturated carbocycles. The van der Waals surface area contributed by atoms with E-state index in [2.05, 4.69) is 44.7 Å². The lowest BCUT2D eigenvalue weighted by atomic mass is 10.3. The highest BCUT2D eigenvalue weighted by Crippen LogP contribution is 2.29. The lowest BCUT2D eigenvalue weighted by Crippen LogP contribution is -1.93. The number of aromatic nitrogens is 4. The van der Waals surface area contributed by atoms with Crippen LogP contribution in [-0.2, 0) is 6.42 Å². The van der Waals surface area contributed by atoms with Crippen LogP contribution in [0.25, 0.3) is 5.69 Å². The molecule has 14 heavy (non-hydrogen) atoms. The maximum atomic E-state index is 4.14. The van der Waals surface area contributed by atoms with Gasteiger partial charge in [-0.15, -0.1) is 5.10 Å². The fourth-order valence-corrected chi connectivity index (χ4v) is 1.31. The third kappa shape index (κ3) is 1.59. The van der Waals surface area contributed by atoms with E-state index in [1.807, 2.05) is 6.07 Å². The quantitative estimate of drug-likeness (QED) is 0.598. The standard InChI is InChI=1S/C8H6N4.ClH2N/c1-2-8(4-7-3-6(1)7)12-5-9-10-11-12;1-2/h1-2,4-5H,3H2;2H2. The molecule has 1 aliphatic rings. The van der Waals surface area contributed by atoms with Gasteiger partial charge in [-0.05, 0) is 51.9 Å². The van der Waals surface area contributed by atoms with Crippen LogP contribution >= 0.6 is 11.8 Å². The number of hydrogen-bond donors (Lipinski definition) is 1. The van der Waals surface area contributed by atoms with E-state index in [4.69, 9.17) is 0 Å². The van der Waals surface area contributed by atoms with Crippen LogP contribution in [0.5, 0.6) is 0 Å². The highest BCUT2D eigenvalue weighted by Gasteiger charge is 2.16. The number of fused-ring (bicyclic) bond motifs is 1. The normalized spacial score (nSPS) is 11.3. The summed E-state index contributed by atoms with van der Waals surface area (Å²) in [5, 5.41) is 14.9. The van der Waals surface area contributed by atoms with Gasteiger partial charge in [-0.1, -0.05) is 6.07 Å². The van der Waals surface area contributed by atoms with E-state index in [1.54, 1.807) is 11.0 Å². The topological polar surface area (TPSA) is 69.6 Å². The summed E-state index contributed by atoms with van der Waals surface area (Å²) in [5.41, 5.74) is 3.88. The van der Waals surface area contributed by atoms with Gasteiger partial charge in [0, 0.05) is 0 Å². The van der Waals surface area contributed by atoms with Gasteiger partial charge in [-0.2, -0.15) is 0 Å². The van der Waals surface area contributed by atoms with Crippen LogP contribution in [0.2, 0.25) is 0 Å². The Morgan fingerprint density at radius 1 is 1.29 bits per heavy atom. The van der Waals surface area contributed by atoms with Crippen molar-refractivity contribution < 1.29 is 0 Å². The summed E-state index contributed by atoms with van der Waals surface area (Å²) in [5.74, 6) is 0. The average Bonchev–Trinajstić information content (AvgIpc) is 2.82. The summed E-state index contributed by atoms with van der Waals surface area (Å²) in [4.78, 5) is 0. The Kier molecular flexibility index (Phi) is 2.43. The summed E-state index contributed by atoms with van der Waals surface area (Å²) in [6, 6.07) is 6.26. The number of nitrogens with zero attached hydrogens (tertiary/aromatic N) is 4. The highest BCUT2D eigenvalue weighted by atomic mass is 35.5. The van der Waals surface area contributed by atoms with E-state index in [9.17, 15) is 0 Å². The molecule has 0 bridgehead atoms. The molecule has 1 heterocycles. The first-order chi connectivity index (χ1) is 6.93. The third-order valence-corrected chi connectivity index (χ3v) is 2.06. The summed E-state index contributed by atoms with van der Waals surface area (Å²) >= 11 is 4.14. The predicted molar refractivity (Wildman–Crippen MR) is 52.0 cm³/mol. The van der Waals surface area contributed by atoms with Gasteiger partial charge in [-0.25, -0.2) is 9.93 Å². The lowest BCUT2D eigenvalue weighted by molar-refractivity contribution is 0.789. The van der Waals surface area contributed by atoms with Gasteiger partial charge < -0.3 is 0 Å². The van der Waals surface area contributed by atoms with E-state index >= 15 is 0 Å². The van der Waals surface area contributed by atoms with E-state index in [0.29, 0.717) is 0 Å². The number of benzene rings is 1. The van der Waals surface area contributed by atoms with Crippen LogP contribution in [0, 0.1) is 0 Å². The fraction of sp³-hybridized carbons (Fsp3) is 0.125. The zero-order chi connectivity index (χ0) is 9.97. The van der Waals surface area contributed by atoms with Crippen molar-refractivity contribution in [1.29, 1.82) is 0 Å². The third-order valence-electron chi connectivity index (χ3n) is 2.06. The van der Waals surface area contributed by atoms with Crippen LogP contribution < -0.4 is 5.25 Å². The monoisotopic (exact) mass is 209 g/mol. The molecule has 0 fully saturated rings. The summed E-state index contributed by atoms with van der Waals surface area (Å²) in [6.45, 7) is 0. The Morgan fingerprint density at radius 3 is 2.79 bits per heavy atom. The van der Waals surface area contributed by atoms with Crippen LogP contribution in [0.3, 0.4) is 0 Å². The second-order valence-electron chi connectivity index (χ2n) is 2.88. The molecule has 1 aromatic heterocycles. The molecule has 1 aromatic carbocycles. The second kappa shape index (κ2) is 3.73. The first kappa shape index (κ1) is 9.11. The van der Waals surface area contributed by atoms with Gasteiger partial charge in [0.2, 0.25) is 0 Å². The molecule has 3 rings (SSSR count). The van der Waals surface area contributed by atoms with E-state index in [-0.39, 0.29) is 0 Å². The number of halogens is 1. The molecular weight excluding hydrogens is 202 g/mol. The molecule has 1 aliphatic carbocycles. The lowest BCUT2D eigenvalue weighted by Gasteiger charge is -1.94. The van der Waals surface area contributed by atoms with Gasteiger partial charge >= 0.3 is 0 Å². The zero-order valence-electron chi connectivity index (χ0n) is 7.26. The Hall–Kier alpha value is -1.46. The fourth-order valence-electron chi connectivity index (χ4n) is 1.31. The van der Waals surface area contributed by atoms with Gasteiger partial charge in [-0.3, -0.25) is 0 Å². The number of rotatable bonds is 1. The zero-order valence-corrected chi connectivity index (χ0v) is 8.02. The van der Waals surface area contributed by atoms with Crippen molar-refractivity contribution in [3.63, 3.8) is 0 Å². The van der Waals surface area contributed by atoms with Crippen LogP contribution in [-0.4, -0.2) is 20.2 Å². The Balaban J connectivity index is 0.000000354. The van der Waals surface area contributed by atoms with Gasteiger partial charge in [0.15, 0.2) is 0 Å². The predicted octanol–water partition coefficient (Wildman–Crippen LogP) is 0.665. The van der Waals surface area contributed by atoms with Crippen molar-refractivity contribution in [3.8, 4) is 5.69 Å². The second-order valence-corrected chi connectivity index (χ2v) is 2.88. The molecule has 5 nitrogen and oxygen atoms in total. The van der Waals surface area contributed by atoms with E-state index in [0.717, 1.165) is 12.1 Å². The minimum Gasteiger partial charge on any atom is -0.247 e. The molecule has 0 saturated heterocycles. The van der Waals surface area contributed by atoms with E-state index < -0.39 is 0 Å². The molecule has 0 spiro atoms. The molecule has 0 atom stereocenters. The van der Waals surface area contributed by atoms with Crippen molar-refractivity contribution in [2.24, 2.45) is 5.25 Å². The summed E-state index contributed by atoms with van der Waals surface area (Å²) < 4.78 is 1.67. The highest BCUT2D eigenvalue weighted by molar-refractivity contribution is 6.11. The molecule has 2 aromatic rings. The largest absolute Gasteiger partial charge is 0.247 e. The van der Waals surface area contributed by atoms with Crippen LogP contribution in [0.1, 0.15) is 11.1 Å². The van der Waals surface area contributed by atoms with Crippen molar-refractivity contribution in [2.75, 3.05) is 0 Å². The first-order valence-corrected chi connectivity index (χ1v) is 4.44. The first-order valence-electron chi connectivity index (χ1n) is 4.00. The van der Waals surface area contributed by atoms with Crippen molar-refractivity contribution in [1.82, 2.24) is 20.2 Å². The molecular formula is C8H8ClN5. The number of nitrogens with two attached hydrogens (primary N) is 1. The van der Waals surface area contributed by atoms with Crippen LogP contribution in [0.4, 0.5) is 0 Å². The van der Waals surface area contributed by atoms with Gasteiger partial charge in [0.05, 0.1) is 5.69 Å². The summed E-state index contributed by atoms with van der Waals surface area (Å²) in [6.07, 6.45) is 2.73. The smallest absolute Gasteiger partial charge is 0.143 e. The van der Waals surface area contributed by atoms with Crippen molar-refractivity contribution >= 4 is 11.8 Å². The number of tetrazole rings is 1. The average molecular weight is 210 g/mol. The minimum atomic E-state index is 1.04. The summed E-state index contributed by atoms with van der Waals surface area (Å²) in [7, 11) is 0. The van der Waals surface area contributed by atoms with Crippen LogP contribution in [0.15, 0.2) is 24.5 Å². The Labute approximate surface area is 85.6 Å². The molecule has 0 aliphatic heterocycles. The molecule has 72 valence electrons. The van der Waals surface area contributed by atoms with E-state index in [1.165, 1.54) is 11.1 Å². The Morgan fingerprint density at radius 2 is 2.14 bits per heavy atom. The molecule has 6 heteroatoms. The van der Waals surface area contributed by atoms with Gasteiger partial charge in [0.1, 0.15) is 6.33 Å². The number of hydrogen-bond acceptors (Lipinski definition) is 4. The maximum absolute atomic E-state index is 4.14. The maximum Gasteiger partial charge on any atom is 0.143 e. The molecule has 0 radical (unpaired) electrons. The van der Waals surface area contributed by atoms with Crippen molar-refractivity contribution in [2.45, 2.75) is 6.42 Å². The van der Waals surface area contributed by atoms with Crippen molar-refractivity contribution in [3.05, 3.63) is 35.7 Å². The SMILES string of the molecule is NCl.c1cc2c(cc1-n1cnnn1)C2. The van der Waals surface area contributed by atoms with Gasteiger partial charge in [0.25, 0.3) is 0 Å². The minimum absolute atomic E-state index is 1.04. The Bertz CT molecular complexity index is 425. The molecule has 2 N–H and O–H groups in total. The molecule has 0 unspecified atom stereocenters.